The summed E-state index contributed by atoms with van der Waals surface area (Å²) in [6, 6.07) is 4.11. The van der Waals surface area contributed by atoms with Crippen molar-refractivity contribution in [3.8, 4) is 11.5 Å². The van der Waals surface area contributed by atoms with Gasteiger partial charge in [0.15, 0.2) is 17.5 Å². The number of nitrogens with zero attached hydrogens (tertiary/aromatic N) is 1. The van der Waals surface area contributed by atoms with Gasteiger partial charge in [0.1, 0.15) is 0 Å². The van der Waals surface area contributed by atoms with Crippen molar-refractivity contribution >= 4 is 12.4 Å². The van der Waals surface area contributed by atoms with Crippen LogP contribution < -0.4 is 9.47 Å². The van der Waals surface area contributed by atoms with Gasteiger partial charge in [0, 0.05) is 12.5 Å². The molecule has 0 spiro atoms. The molecule has 6 nitrogen and oxygen atoms in total. The van der Waals surface area contributed by atoms with Gasteiger partial charge in [0.2, 0.25) is 6.41 Å². The fraction of sp³-hybridized carbons (Fsp3) is 0.467. The van der Waals surface area contributed by atoms with E-state index in [1.54, 1.807) is 18.2 Å². The average Bonchev–Trinajstić information content (AvgIpc) is 3.30. The second kappa shape index (κ2) is 5.63. The number of hydrogen-bond acceptors (Lipinski definition) is 4. The highest BCUT2D eigenvalue weighted by atomic mass is 16.5. The molecule has 0 radical (unpaired) electrons. The fourth-order valence-electron chi connectivity index (χ4n) is 2.52. The lowest BCUT2D eigenvalue weighted by Gasteiger charge is -2.25. The minimum absolute atomic E-state index is 0.0274. The summed E-state index contributed by atoms with van der Waals surface area (Å²) >= 11 is 0. The van der Waals surface area contributed by atoms with E-state index < -0.39 is 12.0 Å². The summed E-state index contributed by atoms with van der Waals surface area (Å²) in [5, 5.41) is 9.49. The van der Waals surface area contributed by atoms with E-state index in [1.165, 1.54) is 4.90 Å². The molecule has 1 unspecified atom stereocenters. The Bertz CT molecular complexity index is 555. The zero-order chi connectivity index (χ0) is 14.8. The van der Waals surface area contributed by atoms with Crippen LogP contribution in [0.25, 0.3) is 0 Å². The molecule has 1 aliphatic carbocycles. The molecule has 1 aromatic rings. The van der Waals surface area contributed by atoms with E-state index in [1.807, 2.05) is 0 Å². The van der Waals surface area contributed by atoms with Gasteiger partial charge >= 0.3 is 5.97 Å². The van der Waals surface area contributed by atoms with Crippen LogP contribution in [0.4, 0.5) is 0 Å². The third-order valence-corrected chi connectivity index (χ3v) is 3.71. The molecule has 21 heavy (non-hydrogen) atoms. The van der Waals surface area contributed by atoms with Crippen molar-refractivity contribution in [1.82, 2.24) is 4.90 Å². The molecule has 1 atom stereocenters. The largest absolute Gasteiger partial charge is 0.490 e. The van der Waals surface area contributed by atoms with Gasteiger partial charge < -0.3 is 19.5 Å². The Balaban J connectivity index is 1.94. The van der Waals surface area contributed by atoms with Gasteiger partial charge in [0.25, 0.3) is 0 Å². The number of ether oxygens (including phenoxy) is 2. The van der Waals surface area contributed by atoms with E-state index in [9.17, 15) is 14.7 Å². The van der Waals surface area contributed by atoms with E-state index in [-0.39, 0.29) is 6.04 Å². The molecule has 1 fully saturated rings. The molecule has 1 amide bonds. The van der Waals surface area contributed by atoms with E-state index in [0.717, 1.165) is 19.3 Å². The van der Waals surface area contributed by atoms with Crippen LogP contribution in [0.3, 0.4) is 0 Å². The normalized spacial score (nSPS) is 18.5. The van der Waals surface area contributed by atoms with Crippen molar-refractivity contribution in [2.24, 2.45) is 0 Å². The SMILES string of the molecule is O=CN(C1CC1)C(C(=O)O)c1ccc2c(c1)OCCCO2. The maximum absolute atomic E-state index is 11.6. The standard InChI is InChI=1S/C15H17NO5/c17-9-16(11-3-4-11)14(15(18)19)10-2-5-12-13(8-10)21-7-1-6-20-12/h2,5,8-9,11,14H,1,3-4,6-7H2,(H,18,19). The summed E-state index contributed by atoms with van der Waals surface area (Å²) < 4.78 is 11.1. The van der Waals surface area contributed by atoms with Crippen LogP contribution in [0, 0.1) is 0 Å². The molecule has 2 aliphatic rings. The number of hydrogen-bond donors (Lipinski definition) is 1. The van der Waals surface area contributed by atoms with Crippen molar-refractivity contribution < 1.29 is 24.2 Å². The van der Waals surface area contributed by atoms with Crippen LogP contribution in [0.2, 0.25) is 0 Å². The smallest absolute Gasteiger partial charge is 0.331 e. The van der Waals surface area contributed by atoms with Crippen LogP contribution >= 0.6 is 0 Å². The Morgan fingerprint density at radius 1 is 1.29 bits per heavy atom. The van der Waals surface area contributed by atoms with E-state index in [4.69, 9.17) is 9.47 Å². The van der Waals surface area contributed by atoms with Gasteiger partial charge in [-0.2, -0.15) is 0 Å². The van der Waals surface area contributed by atoms with Gasteiger partial charge in [-0.15, -0.1) is 0 Å². The highest BCUT2D eigenvalue weighted by molar-refractivity contribution is 5.79. The van der Waals surface area contributed by atoms with Crippen LogP contribution in [0.5, 0.6) is 11.5 Å². The predicted molar refractivity (Wildman–Crippen MR) is 73.4 cm³/mol. The van der Waals surface area contributed by atoms with Crippen molar-refractivity contribution in [2.75, 3.05) is 13.2 Å². The topological polar surface area (TPSA) is 76.1 Å². The first-order valence-corrected chi connectivity index (χ1v) is 7.06. The van der Waals surface area contributed by atoms with Crippen molar-refractivity contribution in [3.05, 3.63) is 23.8 Å². The van der Waals surface area contributed by atoms with Gasteiger partial charge in [-0.1, -0.05) is 6.07 Å². The Labute approximate surface area is 122 Å². The van der Waals surface area contributed by atoms with Crippen molar-refractivity contribution in [2.45, 2.75) is 31.3 Å². The minimum atomic E-state index is -1.04. The monoisotopic (exact) mass is 291 g/mol. The fourth-order valence-corrected chi connectivity index (χ4v) is 2.52. The van der Waals surface area contributed by atoms with Crippen LogP contribution in [-0.2, 0) is 9.59 Å². The Morgan fingerprint density at radius 3 is 2.62 bits per heavy atom. The molecule has 1 aliphatic heterocycles. The summed E-state index contributed by atoms with van der Waals surface area (Å²) in [5.74, 6) is 0.117. The first kappa shape index (κ1) is 13.7. The summed E-state index contributed by atoms with van der Waals surface area (Å²) in [7, 11) is 0. The molecule has 0 bridgehead atoms. The van der Waals surface area contributed by atoms with E-state index in [2.05, 4.69) is 0 Å². The molecule has 1 heterocycles. The molecule has 1 aromatic carbocycles. The maximum atomic E-state index is 11.6. The van der Waals surface area contributed by atoms with E-state index in [0.29, 0.717) is 36.7 Å². The predicted octanol–water partition coefficient (Wildman–Crippen LogP) is 1.59. The van der Waals surface area contributed by atoms with Gasteiger partial charge in [0.05, 0.1) is 13.2 Å². The number of fused-ring (bicyclic) bond motifs is 1. The Morgan fingerprint density at radius 2 is 2.00 bits per heavy atom. The van der Waals surface area contributed by atoms with E-state index >= 15 is 0 Å². The molecular formula is C15H17NO5. The summed E-state index contributed by atoms with van der Waals surface area (Å²) in [4.78, 5) is 24.2. The molecular weight excluding hydrogens is 274 g/mol. The molecule has 0 saturated heterocycles. The molecule has 1 saturated carbocycles. The van der Waals surface area contributed by atoms with Crippen molar-refractivity contribution in [3.63, 3.8) is 0 Å². The lowest BCUT2D eigenvalue weighted by molar-refractivity contribution is -0.147. The molecule has 112 valence electrons. The van der Waals surface area contributed by atoms with Crippen LogP contribution in [0.15, 0.2) is 18.2 Å². The van der Waals surface area contributed by atoms with Crippen LogP contribution in [-0.4, -0.2) is 41.6 Å². The van der Waals surface area contributed by atoms with Gasteiger partial charge in [-0.25, -0.2) is 4.79 Å². The highest BCUT2D eigenvalue weighted by Crippen LogP contribution is 2.37. The summed E-state index contributed by atoms with van der Waals surface area (Å²) in [6.07, 6.45) is 3.12. The van der Waals surface area contributed by atoms with Gasteiger partial charge in [-0.05, 0) is 30.5 Å². The lowest BCUT2D eigenvalue weighted by atomic mass is 10.0. The Hall–Kier alpha value is -2.24. The second-order valence-electron chi connectivity index (χ2n) is 5.28. The zero-order valence-corrected chi connectivity index (χ0v) is 11.5. The molecule has 1 N–H and O–H groups in total. The number of rotatable bonds is 5. The third kappa shape index (κ3) is 2.79. The minimum Gasteiger partial charge on any atom is -0.490 e. The number of carbonyl (C=O) groups excluding carboxylic acids is 1. The Kier molecular flexibility index (Phi) is 3.68. The van der Waals surface area contributed by atoms with Crippen molar-refractivity contribution in [1.29, 1.82) is 0 Å². The molecule has 6 heteroatoms. The number of carbonyl (C=O) groups is 2. The zero-order valence-electron chi connectivity index (χ0n) is 11.5. The number of aliphatic carboxylic acids is 1. The quantitative estimate of drug-likeness (QED) is 0.834. The maximum Gasteiger partial charge on any atom is 0.331 e. The van der Waals surface area contributed by atoms with Crippen LogP contribution in [0.1, 0.15) is 30.9 Å². The third-order valence-electron chi connectivity index (χ3n) is 3.71. The first-order chi connectivity index (χ1) is 10.2. The first-order valence-electron chi connectivity index (χ1n) is 7.06. The summed E-state index contributed by atoms with van der Waals surface area (Å²) in [6.45, 7) is 1.12. The average molecular weight is 291 g/mol. The number of benzene rings is 1. The number of carboxylic acids is 1. The number of carboxylic acid groups (broad SMARTS) is 1. The molecule has 3 rings (SSSR count). The second-order valence-corrected chi connectivity index (χ2v) is 5.28. The molecule has 0 aromatic heterocycles. The summed E-state index contributed by atoms with van der Waals surface area (Å²) in [5.41, 5.74) is 0.533. The number of amides is 1. The lowest BCUT2D eigenvalue weighted by Crippen LogP contribution is -2.34. The highest BCUT2D eigenvalue weighted by Gasteiger charge is 2.37. The van der Waals surface area contributed by atoms with Gasteiger partial charge in [-0.3, -0.25) is 4.79 Å².